The first-order valence-corrected chi connectivity index (χ1v) is 5.01. The Labute approximate surface area is 98.0 Å². The van der Waals surface area contributed by atoms with E-state index >= 15 is 0 Å². The number of nitrogens with two attached hydrogens (primary N) is 1. The largest absolute Gasteiger partial charge is 0.497 e. The maximum absolute atomic E-state index is 5.70. The van der Waals surface area contributed by atoms with E-state index in [-0.39, 0.29) is 5.15 Å². The number of rotatable bonds is 2. The zero-order chi connectivity index (χ0) is 11.5. The highest BCUT2D eigenvalue weighted by molar-refractivity contribution is 6.31. The van der Waals surface area contributed by atoms with Crippen molar-refractivity contribution in [1.29, 1.82) is 0 Å². The highest BCUT2D eigenvalue weighted by Crippen LogP contribution is 2.23. The molecule has 0 saturated heterocycles. The van der Waals surface area contributed by atoms with Crippen LogP contribution in [0.5, 0.6) is 5.75 Å². The Kier molecular flexibility index (Phi) is 2.92. The van der Waals surface area contributed by atoms with Crippen LogP contribution in [0.25, 0.3) is 11.3 Å². The molecule has 4 nitrogen and oxygen atoms in total. The highest BCUT2D eigenvalue weighted by atomic mass is 35.5. The molecule has 0 radical (unpaired) electrons. The van der Waals surface area contributed by atoms with E-state index in [1.54, 1.807) is 13.2 Å². The SMILES string of the molecule is COc1ccc(-c2cc(N)c(Cl)nn2)cc1. The molecule has 1 aromatic heterocycles. The van der Waals surface area contributed by atoms with Gasteiger partial charge in [0, 0.05) is 5.56 Å². The average Bonchev–Trinajstić information content (AvgIpc) is 2.33. The second-order valence-electron chi connectivity index (χ2n) is 3.20. The van der Waals surface area contributed by atoms with Crippen LogP contribution in [0.2, 0.25) is 5.15 Å². The van der Waals surface area contributed by atoms with Crippen LogP contribution >= 0.6 is 11.6 Å². The lowest BCUT2D eigenvalue weighted by molar-refractivity contribution is 0.415. The monoisotopic (exact) mass is 235 g/mol. The fourth-order valence-electron chi connectivity index (χ4n) is 1.29. The quantitative estimate of drug-likeness (QED) is 0.868. The standard InChI is InChI=1S/C11H10ClN3O/c1-16-8-4-2-7(3-5-8)10-6-9(13)11(12)15-14-10/h2-6H,1H3,(H2,13,14). The molecule has 0 aliphatic rings. The van der Waals surface area contributed by atoms with Gasteiger partial charge in [0.1, 0.15) is 5.75 Å². The molecule has 0 fully saturated rings. The molecule has 0 spiro atoms. The Balaban J connectivity index is 2.38. The van der Waals surface area contributed by atoms with Crippen molar-refractivity contribution in [3.8, 4) is 17.0 Å². The van der Waals surface area contributed by atoms with Gasteiger partial charge in [-0.3, -0.25) is 0 Å². The minimum atomic E-state index is 0.220. The van der Waals surface area contributed by atoms with Crippen LogP contribution in [-0.4, -0.2) is 17.3 Å². The van der Waals surface area contributed by atoms with Crippen LogP contribution in [0.4, 0.5) is 5.69 Å². The number of aromatic nitrogens is 2. The fourth-order valence-corrected chi connectivity index (χ4v) is 1.39. The molecule has 2 rings (SSSR count). The number of halogens is 1. The number of hydrogen-bond acceptors (Lipinski definition) is 4. The van der Waals surface area contributed by atoms with Gasteiger partial charge in [-0.05, 0) is 30.3 Å². The molecule has 0 unspecified atom stereocenters. The van der Waals surface area contributed by atoms with Crippen molar-refractivity contribution in [3.05, 3.63) is 35.5 Å². The van der Waals surface area contributed by atoms with E-state index in [1.807, 2.05) is 24.3 Å². The summed E-state index contributed by atoms with van der Waals surface area (Å²) in [7, 11) is 1.62. The molecule has 2 aromatic rings. The molecular weight excluding hydrogens is 226 g/mol. The molecule has 2 N–H and O–H groups in total. The van der Waals surface area contributed by atoms with Crippen LogP contribution in [0.1, 0.15) is 0 Å². The summed E-state index contributed by atoms with van der Waals surface area (Å²) in [5, 5.41) is 7.94. The third kappa shape index (κ3) is 2.06. The molecular formula is C11H10ClN3O. The van der Waals surface area contributed by atoms with Gasteiger partial charge in [0.05, 0.1) is 18.5 Å². The number of hydrogen-bond donors (Lipinski definition) is 1. The first kappa shape index (κ1) is 10.7. The second-order valence-corrected chi connectivity index (χ2v) is 3.56. The van der Waals surface area contributed by atoms with E-state index in [0.29, 0.717) is 11.4 Å². The Hall–Kier alpha value is -1.81. The summed E-state index contributed by atoms with van der Waals surface area (Å²) in [6.07, 6.45) is 0. The molecule has 0 aliphatic carbocycles. The third-order valence-electron chi connectivity index (χ3n) is 2.16. The van der Waals surface area contributed by atoms with E-state index in [9.17, 15) is 0 Å². The number of nitrogens with zero attached hydrogens (tertiary/aromatic N) is 2. The van der Waals surface area contributed by atoms with Gasteiger partial charge < -0.3 is 10.5 Å². The summed E-state index contributed by atoms with van der Waals surface area (Å²) < 4.78 is 5.07. The smallest absolute Gasteiger partial charge is 0.174 e. The van der Waals surface area contributed by atoms with Gasteiger partial charge in [-0.25, -0.2) is 0 Å². The summed E-state index contributed by atoms with van der Waals surface area (Å²) in [5.74, 6) is 0.790. The molecule has 16 heavy (non-hydrogen) atoms. The van der Waals surface area contributed by atoms with Crippen molar-refractivity contribution in [2.75, 3.05) is 12.8 Å². The minimum Gasteiger partial charge on any atom is -0.497 e. The molecule has 0 bridgehead atoms. The lowest BCUT2D eigenvalue weighted by Gasteiger charge is -2.03. The van der Waals surface area contributed by atoms with Crippen LogP contribution in [0, 0.1) is 0 Å². The number of ether oxygens (including phenoxy) is 1. The number of benzene rings is 1. The molecule has 0 amide bonds. The van der Waals surface area contributed by atoms with E-state index in [1.165, 1.54) is 0 Å². The van der Waals surface area contributed by atoms with Gasteiger partial charge in [-0.1, -0.05) is 11.6 Å². The summed E-state index contributed by atoms with van der Waals surface area (Å²) in [6.45, 7) is 0. The first-order valence-electron chi connectivity index (χ1n) is 4.64. The lowest BCUT2D eigenvalue weighted by atomic mass is 10.1. The van der Waals surface area contributed by atoms with Gasteiger partial charge in [0.15, 0.2) is 5.15 Å². The van der Waals surface area contributed by atoms with E-state index in [4.69, 9.17) is 22.1 Å². The number of anilines is 1. The summed E-state index contributed by atoms with van der Waals surface area (Å²) >= 11 is 5.70. The van der Waals surface area contributed by atoms with Gasteiger partial charge in [0.25, 0.3) is 0 Å². The zero-order valence-corrected chi connectivity index (χ0v) is 9.40. The minimum absolute atomic E-state index is 0.220. The molecule has 0 atom stereocenters. The van der Waals surface area contributed by atoms with Crippen molar-refractivity contribution in [2.45, 2.75) is 0 Å². The van der Waals surface area contributed by atoms with Gasteiger partial charge >= 0.3 is 0 Å². The molecule has 1 aromatic carbocycles. The fraction of sp³-hybridized carbons (Fsp3) is 0.0909. The Bertz CT molecular complexity index is 499. The van der Waals surface area contributed by atoms with E-state index < -0.39 is 0 Å². The van der Waals surface area contributed by atoms with E-state index in [0.717, 1.165) is 11.3 Å². The van der Waals surface area contributed by atoms with Gasteiger partial charge in [-0.15, -0.1) is 10.2 Å². The second kappa shape index (κ2) is 4.37. The molecule has 0 saturated carbocycles. The molecule has 82 valence electrons. The summed E-state index contributed by atoms with van der Waals surface area (Å²) in [6, 6.07) is 9.16. The van der Waals surface area contributed by atoms with Crippen LogP contribution in [-0.2, 0) is 0 Å². The molecule has 1 heterocycles. The zero-order valence-electron chi connectivity index (χ0n) is 8.64. The Morgan fingerprint density at radius 2 is 1.88 bits per heavy atom. The van der Waals surface area contributed by atoms with Gasteiger partial charge in [-0.2, -0.15) is 0 Å². The Morgan fingerprint density at radius 3 is 2.44 bits per heavy atom. The topological polar surface area (TPSA) is 61.0 Å². The third-order valence-corrected chi connectivity index (χ3v) is 2.46. The summed E-state index contributed by atoms with van der Waals surface area (Å²) in [5.41, 5.74) is 7.67. The predicted octanol–water partition coefficient (Wildman–Crippen LogP) is 2.39. The first-order chi connectivity index (χ1) is 7.70. The average molecular weight is 236 g/mol. The van der Waals surface area contributed by atoms with Crippen molar-refractivity contribution < 1.29 is 4.74 Å². The van der Waals surface area contributed by atoms with Crippen molar-refractivity contribution in [1.82, 2.24) is 10.2 Å². The molecule has 0 aliphatic heterocycles. The maximum Gasteiger partial charge on any atom is 0.174 e. The maximum atomic E-state index is 5.70. The van der Waals surface area contributed by atoms with Crippen LogP contribution < -0.4 is 10.5 Å². The molecule has 5 heteroatoms. The summed E-state index contributed by atoms with van der Waals surface area (Å²) in [4.78, 5) is 0. The highest BCUT2D eigenvalue weighted by Gasteiger charge is 2.04. The van der Waals surface area contributed by atoms with Crippen LogP contribution in [0.15, 0.2) is 30.3 Å². The van der Waals surface area contributed by atoms with E-state index in [2.05, 4.69) is 10.2 Å². The number of methoxy groups -OCH3 is 1. The lowest BCUT2D eigenvalue weighted by Crippen LogP contribution is -1.94. The van der Waals surface area contributed by atoms with Crippen molar-refractivity contribution >= 4 is 17.3 Å². The number of nitrogen functional groups attached to an aromatic ring is 1. The van der Waals surface area contributed by atoms with Gasteiger partial charge in [0.2, 0.25) is 0 Å². The Morgan fingerprint density at radius 1 is 1.19 bits per heavy atom. The van der Waals surface area contributed by atoms with Crippen LogP contribution in [0.3, 0.4) is 0 Å². The normalized spacial score (nSPS) is 10.1. The van der Waals surface area contributed by atoms with Crippen molar-refractivity contribution in [3.63, 3.8) is 0 Å². The van der Waals surface area contributed by atoms with Crippen molar-refractivity contribution in [2.24, 2.45) is 0 Å². The predicted molar refractivity (Wildman–Crippen MR) is 63.4 cm³/mol.